The zero-order valence-corrected chi connectivity index (χ0v) is 13.0. The van der Waals surface area contributed by atoms with Crippen molar-refractivity contribution >= 4 is 11.9 Å². The first-order valence-electron chi connectivity index (χ1n) is 7.31. The monoisotopic (exact) mass is 278 g/mol. The summed E-state index contributed by atoms with van der Waals surface area (Å²) in [6.45, 7) is 5.91. The summed E-state index contributed by atoms with van der Waals surface area (Å²) in [4.78, 5) is 12.7. The van der Waals surface area contributed by atoms with Crippen LogP contribution in [0.3, 0.4) is 0 Å². The third-order valence-corrected chi connectivity index (χ3v) is 3.35. The fourth-order valence-electron chi connectivity index (χ4n) is 2.24. The Balaban J connectivity index is 2.35. The number of ketones is 1. The topological polar surface area (TPSA) is 17.1 Å². The summed E-state index contributed by atoms with van der Waals surface area (Å²) in [5.41, 5.74) is 2.73. The van der Waals surface area contributed by atoms with E-state index in [0.29, 0.717) is 6.42 Å². The van der Waals surface area contributed by atoms with Gasteiger partial charge >= 0.3 is 0 Å². The smallest absolute Gasteiger partial charge is 0.164 e. The lowest BCUT2D eigenvalue weighted by molar-refractivity contribution is -0.122. The molecule has 0 amide bonds. The van der Waals surface area contributed by atoms with Gasteiger partial charge in [0.25, 0.3) is 0 Å². The van der Waals surface area contributed by atoms with Gasteiger partial charge in [0.15, 0.2) is 5.78 Å². The van der Waals surface area contributed by atoms with Crippen molar-refractivity contribution in [3.8, 4) is 0 Å². The number of hydrogen-bond acceptors (Lipinski definition) is 1. The minimum atomic E-state index is -0.366. The minimum absolute atomic E-state index is 0.204. The molecule has 0 heterocycles. The molecule has 1 nitrogen and oxygen atoms in total. The molecule has 0 atom stereocenters. The number of rotatable bonds is 4. The first kappa shape index (κ1) is 15.2. The molecule has 0 aromatic heterocycles. The van der Waals surface area contributed by atoms with E-state index in [1.807, 2.05) is 75.4 Å². The Morgan fingerprint density at radius 3 is 1.95 bits per heavy atom. The average Bonchev–Trinajstić information content (AvgIpc) is 2.47. The predicted molar refractivity (Wildman–Crippen MR) is 89.0 cm³/mol. The van der Waals surface area contributed by atoms with Gasteiger partial charge in [-0.2, -0.15) is 0 Å². The lowest BCUT2D eigenvalue weighted by Crippen LogP contribution is -2.23. The molecule has 1 heteroatoms. The molecule has 0 bridgehead atoms. The predicted octanol–water partition coefficient (Wildman–Crippen LogP) is 4.93. The van der Waals surface area contributed by atoms with Crippen LogP contribution in [0.25, 0.3) is 6.08 Å². The summed E-state index contributed by atoms with van der Waals surface area (Å²) >= 11 is 0. The van der Waals surface area contributed by atoms with Crippen molar-refractivity contribution in [3.05, 3.63) is 77.4 Å². The molecule has 0 aliphatic carbocycles. The summed E-state index contributed by atoms with van der Waals surface area (Å²) < 4.78 is 0. The Kier molecular flexibility index (Phi) is 4.74. The van der Waals surface area contributed by atoms with Crippen LogP contribution in [-0.2, 0) is 11.2 Å². The zero-order chi connectivity index (χ0) is 15.3. The van der Waals surface area contributed by atoms with E-state index in [1.165, 1.54) is 0 Å². The number of benzene rings is 2. The summed E-state index contributed by atoms with van der Waals surface area (Å²) in [7, 11) is 0. The van der Waals surface area contributed by atoms with Gasteiger partial charge in [0, 0.05) is 17.4 Å². The van der Waals surface area contributed by atoms with Gasteiger partial charge in [-0.1, -0.05) is 81.4 Å². The molecule has 0 radical (unpaired) electrons. The van der Waals surface area contributed by atoms with Gasteiger partial charge in [0.2, 0.25) is 0 Å². The fraction of sp³-hybridized carbons (Fsp3) is 0.250. The maximum absolute atomic E-state index is 12.7. The van der Waals surface area contributed by atoms with Crippen molar-refractivity contribution in [3.63, 3.8) is 0 Å². The van der Waals surface area contributed by atoms with E-state index in [9.17, 15) is 4.79 Å². The van der Waals surface area contributed by atoms with Crippen LogP contribution in [0.15, 0.2) is 66.2 Å². The first-order chi connectivity index (χ1) is 9.97. The standard InChI is InChI=1S/C20H22O/c1-20(2,3)19(21)18(14-16-10-6-4-7-11-16)15-17-12-8-5-9-13-17/h4-14H,15H2,1-3H3/b18-14+. The molecule has 0 N–H and O–H groups in total. The van der Waals surface area contributed by atoms with Gasteiger partial charge in [0.05, 0.1) is 0 Å². The molecule has 108 valence electrons. The molecular formula is C20H22O. The Morgan fingerprint density at radius 2 is 1.43 bits per heavy atom. The highest BCUT2D eigenvalue weighted by Gasteiger charge is 2.24. The van der Waals surface area contributed by atoms with Crippen LogP contribution < -0.4 is 0 Å². The van der Waals surface area contributed by atoms with E-state index in [4.69, 9.17) is 0 Å². The van der Waals surface area contributed by atoms with Crippen LogP contribution in [0.1, 0.15) is 31.9 Å². The summed E-state index contributed by atoms with van der Waals surface area (Å²) in [6.07, 6.45) is 2.69. The maximum atomic E-state index is 12.7. The van der Waals surface area contributed by atoms with Crippen molar-refractivity contribution in [2.45, 2.75) is 27.2 Å². The van der Waals surface area contributed by atoms with Gasteiger partial charge in [-0.15, -0.1) is 0 Å². The normalized spacial score (nSPS) is 12.2. The van der Waals surface area contributed by atoms with E-state index in [2.05, 4.69) is 12.1 Å². The highest BCUT2D eigenvalue weighted by Crippen LogP contribution is 2.24. The molecule has 0 aliphatic rings. The molecule has 0 saturated heterocycles. The highest BCUT2D eigenvalue weighted by molar-refractivity contribution is 6.03. The Labute approximate surface area is 127 Å². The number of hydrogen-bond donors (Lipinski definition) is 0. The molecule has 0 unspecified atom stereocenters. The van der Waals surface area contributed by atoms with Crippen LogP contribution >= 0.6 is 0 Å². The first-order valence-corrected chi connectivity index (χ1v) is 7.31. The Morgan fingerprint density at radius 1 is 0.905 bits per heavy atom. The molecule has 2 aromatic rings. The molecule has 0 saturated carbocycles. The van der Waals surface area contributed by atoms with Gasteiger partial charge in [-0.25, -0.2) is 0 Å². The number of Topliss-reactive ketones (excluding diaryl/α,β-unsaturated/α-hetero) is 1. The Bertz CT molecular complexity index is 616. The third kappa shape index (κ3) is 4.42. The quantitative estimate of drug-likeness (QED) is 0.725. The van der Waals surface area contributed by atoms with E-state index in [1.54, 1.807) is 0 Å². The largest absolute Gasteiger partial charge is 0.294 e. The number of carbonyl (C=O) groups is 1. The van der Waals surface area contributed by atoms with Crippen molar-refractivity contribution in [1.82, 2.24) is 0 Å². The highest BCUT2D eigenvalue weighted by atomic mass is 16.1. The van der Waals surface area contributed by atoms with Crippen LogP contribution in [-0.4, -0.2) is 5.78 Å². The SMILES string of the molecule is CC(C)(C)C(=O)/C(=C/c1ccccc1)Cc1ccccc1. The van der Waals surface area contributed by atoms with Crippen molar-refractivity contribution < 1.29 is 4.79 Å². The third-order valence-electron chi connectivity index (χ3n) is 3.35. The average molecular weight is 278 g/mol. The van der Waals surface area contributed by atoms with E-state index >= 15 is 0 Å². The van der Waals surface area contributed by atoms with Crippen LogP contribution in [0, 0.1) is 5.41 Å². The van der Waals surface area contributed by atoms with Crippen molar-refractivity contribution in [1.29, 1.82) is 0 Å². The summed E-state index contributed by atoms with van der Waals surface area (Å²) in [6, 6.07) is 20.2. The van der Waals surface area contributed by atoms with Crippen LogP contribution in [0.2, 0.25) is 0 Å². The summed E-state index contributed by atoms with van der Waals surface area (Å²) in [5, 5.41) is 0. The van der Waals surface area contributed by atoms with Crippen molar-refractivity contribution in [2.75, 3.05) is 0 Å². The second kappa shape index (κ2) is 6.53. The van der Waals surface area contributed by atoms with Gasteiger partial charge in [-0.3, -0.25) is 4.79 Å². The lowest BCUT2D eigenvalue weighted by Gasteiger charge is -2.19. The molecule has 2 rings (SSSR count). The second-order valence-electron chi connectivity index (χ2n) is 6.32. The number of allylic oxidation sites excluding steroid dienone is 1. The fourth-order valence-corrected chi connectivity index (χ4v) is 2.24. The number of carbonyl (C=O) groups excluding carboxylic acids is 1. The van der Waals surface area contributed by atoms with E-state index in [-0.39, 0.29) is 11.2 Å². The summed E-state index contributed by atoms with van der Waals surface area (Å²) in [5.74, 6) is 0.204. The molecule has 2 aromatic carbocycles. The van der Waals surface area contributed by atoms with Gasteiger partial charge in [0.1, 0.15) is 0 Å². The maximum Gasteiger partial charge on any atom is 0.164 e. The molecule has 0 fully saturated rings. The van der Waals surface area contributed by atoms with Crippen molar-refractivity contribution in [2.24, 2.45) is 5.41 Å². The van der Waals surface area contributed by atoms with Crippen LogP contribution in [0.5, 0.6) is 0 Å². The van der Waals surface area contributed by atoms with Crippen LogP contribution in [0.4, 0.5) is 0 Å². The second-order valence-corrected chi connectivity index (χ2v) is 6.32. The zero-order valence-electron chi connectivity index (χ0n) is 13.0. The van der Waals surface area contributed by atoms with E-state index in [0.717, 1.165) is 16.7 Å². The Hall–Kier alpha value is -2.15. The molecule has 0 spiro atoms. The lowest BCUT2D eigenvalue weighted by atomic mass is 9.83. The molecule has 0 aliphatic heterocycles. The molecule has 21 heavy (non-hydrogen) atoms. The van der Waals surface area contributed by atoms with Gasteiger partial charge < -0.3 is 0 Å². The van der Waals surface area contributed by atoms with Gasteiger partial charge in [-0.05, 0) is 17.2 Å². The molecular weight excluding hydrogens is 256 g/mol. The minimum Gasteiger partial charge on any atom is -0.294 e. The van der Waals surface area contributed by atoms with E-state index < -0.39 is 0 Å².